The van der Waals surface area contributed by atoms with Gasteiger partial charge in [-0.1, -0.05) is 30.3 Å². The van der Waals surface area contributed by atoms with Crippen molar-refractivity contribution in [3.8, 4) is 0 Å². The minimum absolute atomic E-state index is 0.0137. The number of rotatable bonds is 5. The summed E-state index contributed by atoms with van der Waals surface area (Å²) in [5, 5.41) is 2.45. The molecule has 1 N–H and O–H groups in total. The lowest BCUT2D eigenvalue weighted by Gasteiger charge is -2.35. The summed E-state index contributed by atoms with van der Waals surface area (Å²) >= 11 is 0. The molecule has 1 aromatic carbocycles. The summed E-state index contributed by atoms with van der Waals surface area (Å²) in [6, 6.07) is 9.05. The lowest BCUT2D eigenvalue weighted by molar-refractivity contribution is -0.155. The van der Waals surface area contributed by atoms with Crippen molar-refractivity contribution in [1.82, 2.24) is 10.2 Å². The minimum Gasteiger partial charge on any atom is -0.451 e. The van der Waals surface area contributed by atoms with Gasteiger partial charge in [0, 0.05) is 20.0 Å². The maximum Gasteiger partial charge on any atom is 0.355 e. The Bertz CT molecular complexity index is 676. The summed E-state index contributed by atoms with van der Waals surface area (Å²) in [6.07, 6.45) is 1.38. The van der Waals surface area contributed by atoms with Crippen molar-refractivity contribution >= 4 is 23.9 Å². The third-order valence-corrected chi connectivity index (χ3v) is 3.74. The zero-order chi connectivity index (χ0) is 19.1. The second-order valence-electron chi connectivity index (χ2n) is 6.28. The van der Waals surface area contributed by atoms with Gasteiger partial charge >= 0.3 is 5.97 Å². The van der Waals surface area contributed by atoms with Gasteiger partial charge in [0.1, 0.15) is 5.70 Å². The summed E-state index contributed by atoms with van der Waals surface area (Å²) in [5.41, 5.74) is 0.718. The highest BCUT2D eigenvalue weighted by Crippen LogP contribution is 2.11. The second-order valence-corrected chi connectivity index (χ2v) is 6.28. The fourth-order valence-corrected chi connectivity index (χ4v) is 2.73. The van der Waals surface area contributed by atoms with Crippen LogP contribution in [-0.2, 0) is 23.9 Å². The van der Waals surface area contributed by atoms with Gasteiger partial charge in [-0.25, -0.2) is 4.79 Å². The van der Waals surface area contributed by atoms with Gasteiger partial charge in [-0.2, -0.15) is 0 Å². The van der Waals surface area contributed by atoms with E-state index in [2.05, 4.69) is 5.32 Å². The number of hydrogen-bond donors (Lipinski definition) is 1. The summed E-state index contributed by atoms with van der Waals surface area (Å²) in [5.74, 6) is -1.44. The topological polar surface area (TPSA) is 84.9 Å². The Balaban J connectivity index is 1.99. The first-order chi connectivity index (χ1) is 12.3. The predicted molar refractivity (Wildman–Crippen MR) is 95.8 cm³/mol. The molecule has 0 saturated carbocycles. The monoisotopic (exact) mass is 360 g/mol. The first kappa shape index (κ1) is 19.7. The summed E-state index contributed by atoms with van der Waals surface area (Å²) in [6.45, 7) is 5.61. The zero-order valence-corrected chi connectivity index (χ0v) is 15.2. The molecule has 0 spiro atoms. The number of esters is 1. The molecule has 1 aromatic rings. The van der Waals surface area contributed by atoms with Crippen LogP contribution in [0, 0.1) is 0 Å². The SMILES string of the molecule is CC(=O)N/C(=C\c1ccccc1)C(=O)OCC(=O)N1C[C@@H](C)O[C@H](C)C1. The molecular formula is C19H24N2O5. The van der Waals surface area contributed by atoms with Crippen molar-refractivity contribution in [3.63, 3.8) is 0 Å². The number of hydrogen-bond acceptors (Lipinski definition) is 5. The van der Waals surface area contributed by atoms with Crippen molar-refractivity contribution < 1.29 is 23.9 Å². The van der Waals surface area contributed by atoms with E-state index < -0.39 is 11.9 Å². The van der Waals surface area contributed by atoms with Crippen LogP contribution in [0.25, 0.3) is 6.08 Å². The van der Waals surface area contributed by atoms with Gasteiger partial charge in [0.05, 0.1) is 12.2 Å². The average molecular weight is 360 g/mol. The Morgan fingerprint density at radius 1 is 1.19 bits per heavy atom. The Morgan fingerprint density at radius 2 is 1.81 bits per heavy atom. The third kappa shape index (κ3) is 6.00. The molecule has 7 heteroatoms. The maximum atomic E-state index is 12.3. The van der Waals surface area contributed by atoms with E-state index in [1.54, 1.807) is 17.0 Å². The van der Waals surface area contributed by atoms with Gasteiger partial charge in [0.15, 0.2) is 6.61 Å². The first-order valence-electron chi connectivity index (χ1n) is 8.50. The molecule has 1 heterocycles. The van der Waals surface area contributed by atoms with E-state index in [1.165, 1.54) is 13.0 Å². The average Bonchev–Trinajstić information content (AvgIpc) is 2.58. The Kier molecular flexibility index (Phi) is 6.91. The quantitative estimate of drug-likeness (QED) is 0.633. The summed E-state index contributed by atoms with van der Waals surface area (Å²) in [4.78, 5) is 37.6. The van der Waals surface area contributed by atoms with Crippen molar-refractivity contribution in [1.29, 1.82) is 0 Å². The molecule has 1 aliphatic heterocycles. The Hall–Kier alpha value is -2.67. The normalized spacial score (nSPS) is 20.4. The lowest BCUT2D eigenvalue weighted by Crippen LogP contribution is -2.49. The lowest BCUT2D eigenvalue weighted by atomic mass is 10.2. The molecule has 140 valence electrons. The summed E-state index contributed by atoms with van der Waals surface area (Å²) < 4.78 is 10.7. The van der Waals surface area contributed by atoms with Crippen molar-refractivity contribution in [2.45, 2.75) is 33.0 Å². The highest BCUT2D eigenvalue weighted by atomic mass is 16.5. The van der Waals surface area contributed by atoms with Gasteiger partial charge in [-0.3, -0.25) is 9.59 Å². The number of amides is 2. The number of benzene rings is 1. The fourth-order valence-electron chi connectivity index (χ4n) is 2.73. The van der Waals surface area contributed by atoms with Crippen molar-refractivity contribution in [3.05, 3.63) is 41.6 Å². The number of ether oxygens (including phenoxy) is 2. The fraction of sp³-hybridized carbons (Fsp3) is 0.421. The van der Waals surface area contributed by atoms with Gasteiger partial charge < -0.3 is 19.7 Å². The molecule has 0 bridgehead atoms. The smallest absolute Gasteiger partial charge is 0.355 e. The Labute approximate surface area is 153 Å². The zero-order valence-electron chi connectivity index (χ0n) is 15.2. The molecule has 1 fully saturated rings. The number of carbonyl (C=O) groups excluding carboxylic acids is 3. The molecule has 2 amide bonds. The number of carbonyl (C=O) groups is 3. The number of nitrogens with one attached hydrogen (secondary N) is 1. The molecular weight excluding hydrogens is 336 g/mol. The number of nitrogens with zero attached hydrogens (tertiary/aromatic N) is 1. The van der Waals surface area contributed by atoms with Crippen LogP contribution in [0.3, 0.4) is 0 Å². The van der Waals surface area contributed by atoms with Crippen molar-refractivity contribution in [2.24, 2.45) is 0 Å². The largest absolute Gasteiger partial charge is 0.451 e. The van der Waals surface area contributed by atoms with Crippen LogP contribution in [0.4, 0.5) is 0 Å². The van der Waals surface area contributed by atoms with Gasteiger partial charge in [0.2, 0.25) is 5.91 Å². The van der Waals surface area contributed by atoms with Crippen molar-refractivity contribution in [2.75, 3.05) is 19.7 Å². The van der Waals surface area contributed by atoms with E-state index >= 15 is 0 Å². The molecule has 26 heavy (non-hydrogen) atoms. The molecule has 7 nitrogen and oxygen atoms in total. The van der Waals surface area contributed by atoms with Crippen LogP contribution in [0.1, 0.15) is 26.3 Å². The second kappa shape index (κ2) is 9.15. The van der Waals surface area contributed by atoms with E-state index in [0.29, 0.717) is 13.1 Å². The van der Waals surface area contributed by atoms with E-state index in [4.69, 9.17) is 9.47 Å². The minimum atomic E-state index is -0.758. The number of morpholine rings is 1. The van der Waals surface area contributed by atoms with Crippen LogP contribution >= 0.6 is 0 Å². The Morgan fingerprint density at radius 3 is 2.38 bits per heavy atom. The predicted octanol–water partition coefficient (Wildman–Crippen LogP) is 1.34. The molecule has 1 saturated heterocycles. The highest BCUT2D eigenvalue weighted by molar-refractivity contribution is 5.98. The standard InChI is InChI=1S/C19H24N2O5/c1-13-10-21(11-14(2)26-13)18(23)12-25-19(24)17(20-15(3)22)9-16-7-5-4-6-8-16/h4-9,13-14H,10-12H2,1-3H3,(H,20,22)/b17-9-/t13-,14-/m1/s1. The van der Waals surface area contributed by atoms with E-state index in [1.807, 2.05) is 32.0 Å². The van der Waals surface area contributed by atoms with Crippen LogP contribution < -0.4 is 5.32 Å². The molecule has 0 radical (unpaired) electrons. The molecule has 0 aromatic heterocycles. The van der Waals surface area contributed by atoms with Crippen LogP contribution in [0.15, 0.2) is 36.0 Å². The molecule has 2 rings (SSSR count). The third-order valence-electron chi connectivity index (χ3n) is 3.74. The molecule has 0 unspecified atom stereocenters. The van der Waals surface area contributed by atoms with E-state index in [9.17, 15) is 14.4 Å². The van der Waals surface area contributed by atoms with Gasteiger partial charge in [-0.05, 0) is 25.5 Å². The van der Waals surface area contributed by atoms with Crippen LogP contribution in [-0.4, -0.2) is 54.6 Å². The molecule has 0 aliphatic carbocycles. The van der Waals surface area contributed by atoms with E-state index in [0.717, 1.165) is 5.56 Å². The molecule has 2 atom stereocenters. The summed E-state index contributed by atoms with van der Waals surface area (Å²) in [7, 11) is 0. The maximum absolute atomic E-state index is 12.3. The van der Waals surface area contributed by atoms with Crippen LogP contribution in [0.2, 0.25) is 0 Å². The highest BCUT2D eigenvalue weighted by Gasteiger charge is 2.26. The van der Waals surface area contributed by atoms with Crippen LogP contribution in [0.5, 0.6) is 0 Å². The molecule has 1 aliphatic rings. The first-order valence-corrected chi connectivity index (χ1v) is 8.50. The van der Waals surface area contributed by atoms with E-state index in [-0.39, 0.29) is 30.4 Å². The van der Waals surface area contributed by atoms with Gasteiger partial charge in [-0.15, -0.1) is 0 Å². The van der Waals surface area contributed by atoms with Gasteiger partial charge in [0.25, 0.3) is 5.91 Å².